The van der Waals surface area contributed by atoms with Gasteiger partial charge in [0.1, 0.15) is 5.75 Å². The lowest BCUT2D eigenvalue weighted by Crippen LogP contribution is -2.25. The number of hydrogen-bond donors (Lipinski definition) is 2. The van der Waals surface area contributed by atoms with Gasteiger partial charge in [-0.3, -0.25) is 0 Å². The molecule has 4 nitrogen and oxygen atoms in total. The highest BCUT2D eigenvalue weighted by Crippen LogP contribution is 2.31. The molecule has 0 saturated heterocycles. The second-order valence-corrected chi connectivity index (χ2v) is 5.67. The Morgan fingerprint density at radius 3 is 3.05 bits per heavy atom. The van der Waals surface area contributed by atoms with Crippen molar-refractivity contribution >= 4 is 11.6 Å². The number of aromatic nitrogens is 2. The molecule has 1 heterocycles. The molecule has 110 valence electrons. The van der Waals surface area contributed by atoms with Gasteiger partial charge in [0.15, 0.2) is 5.82 Å². The van der Waals surface area contributed by atoms with Crippen LogP contribution in [0.15, 0.2) is 24.4 Å². The maximum absolute atomic E-state index is 9.50. The molecule has 3 rings (SSSR count). The highest BCUT2D eigenvalue weighted by Gasteiger charge is 2.21. The second-order valence-electron chi connectivity index (χ2n) is 5.26. The van der Waals surface area contributed by atoms with Gasteiger partial charge in [0, 0.05) is 29.1 Å². The lowest BCUT2D eigenvalue weighted by molar-refractivity contribution is 0.464. The fraction of sp³-hybridized carbons (Fsp3) is 0.375. The van der Waals surface area contributed by atoms with Crippen LogP contribution < -0.4 is 5.32 Å². The lowest BCUT2D eigenvalue weighted by atomic mass is 9.92. The Morgan fingerprint density at radius 1 is 1.43 bits per heavy atom. The van der Waals surface area contributed by atoms with Gasteiger partial charge < -0.3 is 10.4 Å². The van der Waals surface area contributed by atoms with Gasteiger partial charge in [0.25, 0.3) is 0 Å². The predicted molar refractivity (Wildman–Crippen MR) is 83.5 cm³/mol. The molecular formula is C16H18ClN3O. The Kier molecular flexibility index (Phi) is 4.08. The molecule has 0 radical (unpaired) electrons. The molecule has 0 amide bonds. The van der Waals surface area contributed by atoms with Crippen molar-refractivity contribution in [3.8, 4) is 17.1 Å². The maximum Gasteiger partial charge on any atom is 0.159 e. The molecule has 0 spiro atoms. The van der Waals surface area contributed by atoms with E-state index in [9.17, 15) is 5.11 Å². The Balaban J connectivity index is 1.97. The molecule has 1 aliphatic rings. The van der Waals surface area contributed by atoms with E-state index in [0.717, 1.165) is 37.1 Å². The van der Waals surface area contributed by atoms with Crippen LogP contribution in [0.4, 0.5) is 0 Å². The van der Waals surface area contributed by atoms with Crippen LogP contribution in [-0.2, 0) is 6.42 Å². The summed E-state index contributed by atoms with van der Waals surface area (Å²) < 4.78 is 0. The van der Waals surface area contributed by atoms with Crippen molar-refractivity contribution in [2.75, 3.05) is 6.54 Å². The van der Waals surface area contributed by atoms with E-state index in [2.05, 4.69) is 17.2 Å². The number of rotatable bonds is 3. The van der Waals surface area contributed by atoms with Gasteiger partial charge in [0.2, 0.25) is 0 Å². The fourth-order valence-electron chi connectivity index (χ4n) is 2.79. The fourth-order valence-corrected chi connectivity index (χ4v) is 2.97. The van der Waals surface area contributed by atoms with Crippen molar-refractivity contribution in [2.45, 2.75) is 32.2 Å². The molecule has 0 saturated carbocycles. The molecule has 1 aromatic heterocycles. The van der Waals surface area contributed by atoms with E-state index >= 15 is 0 Å². The summed E-state index contributed by atoms with van der Waals surface area (Å²) in [7, 11) is 0. The molecule has 0 fully saturated rings. The van der Waals surface area contributed by atoms with Crippen molar-refractivity contribution in [3.63, 3.8) is 0 Å². The first-order valence-corrected chi connectivity index (χ1v) is 7.65. The smallest absolute Gasteiger partial charge is 0.159 e. The normalized spacial score (nSPS) is 17.5. The SMILES string of the molecule is CCNC1CCCc2nc(-c3ccc(O)c(Cl)c3)ncc21. The van der Waals surface area contributed by atoms with Gasteiger partial charge in [-0.05, 0) is 44.0 Å². The van der Waals surface area contributed by atoms with E-state index in [0.29, 0.717) is 16.9 Å². The average Bonchev–Trinajstić information content (AvgIpc) is 2.50. The number of benzene rings is 1. The topological polar surface area (TPSA) is 58.0 Å². The quantitative estimate of drug-likeness (QED) is 0.911. The number of fused-ring (bicyclic) bond motifs is 1. The summed E-state index contributed by atoms with van der Waals surface area (Å²) in [5.41, 5.74) is 3.14. The molecule has 1 unspecified atom stereocenters. The van der Waals surface area contributed by atoms with Gasteiger partial charge in [-0.2, -0.15) is 0 Å². The monoisotopic (exact) mass is 303 g/mol. The van der Waals surface area contributed by atoms with Crippen molar-refractivity contribution in [2.24, 2.45) is 0 Å². The first-order chi connectivity index (χ1) is 10.2. The molecule has 1 atom stereocenters. The van der Waals surface area contributed by atoms with Gasteiger partial charge in [0.05, 0.1) is 5.02 Å². The standard InChI is InChI=1S/C16H18ClN3O/c1-2-18-13-4-3-5-14-11(13)9-19-16(20-14)10-6-7-15(21)12(17)8-10/h6-9,13,18,21H,2-5H2,1H3. The first-order valence-electron chi connectivity index (χ1n) is 7.27. The van der Waals surface area contributed by atoms with E-state index in [4.69, 9.17) is 16.6 Å². The minimum absolute atomic E-state index is 0.0746. The maximum atomic E-state index is 9.50. The molecular weight excluding hydrogens is 286 g/mol. The molecule has 2 N–H and O–H groups in total. The summed E-state index contributed by atoms with van der Waals surface area (Å²) >= 11 is 5.96. The summed E-state index contributed by atoms with van der Waals surface area (Å²) in [6.07, 6.45) is 5.18. The van der Waals surface area contributed by atoms with E-state index in [-0.39, 0.29) is 5.75 Å². The molecule has 1 aliphatic carbocycles. The molecule has 5 heteroatoms. The average molecular weight is 304 g/mol. The Hall–Kier alpha value is -1.65. The van der Waals surface area contributed by atoms with Crippen molar-refractivity contribution in [1.29, 1.82) is 0 Å². The molecule has 1 aromatic carbocycles. The van der Waals surface area contributed by atoms with Crippen LogP contribution in [0.2, 0.25) is 5.02 Å². The van der Waals surface area contributed by atoms with E-state index in [1.54, 1.807) is 18.2 Å². The zero-order valence-corrected chi connectivity index (χ0v) is 12.7. The number of nitrogens with zero attached hydrogens (tertiary/aromatic N) is 2. The van der Waals surface area contributed by atoms with Crippen LogP contribution in [0.1, 0.15) is 37.1 Å². The Labute approximate surface area is 129 Å². The minimum atomic E-state index is 0.0746. The highest BCUT2D eigenvalue weighted by molar-refractivity contribution is 6.32. The number of hydrogen-bond acceptors (Lipinski definition) is 4. The summed E-state index contributed by atoms with van der Waals surface area (Å²) in [5.74, 6) is 0.735. The number of aromatic hydroxyl groups is 1. The van der Waals surface area contributed by atoms with Crippen molar-refractivity contribution < 1.29 is 5.11 Å². The van der Waals surface area contributed by atoms with E-state index in [1.165, 1.54) is 5.56 Å². The van der Waals surface area contributed by atoms with Crippen LogP contribution in [0.25, 0.3) is 11.4 Å². The van der Waals surface area contributed by atoms with Gasteiger partial charge in [-0.1, -0.05) is 18.5 Å². The predicted octanol–water partition coefficient (Wildman–Crippen LogP) is 3.49. The highest BCUT2D eigenvalue weighted by atomic mass is 35.5. The summed E-state index contributed by atoms with van der Waals surface area (Å²) in [6, 6.07) is 5.41. The van der Waals surface area contributed by atoms with Crippen LogP contribution >= 0.6 is 11.6 Å². The van der Waals surface area contributed by atoms with Crippen LogP contribution in [-0.4, -0.2) is 21.6 Å². The third kappa shape index (κ3) is 2.87. The second kappa shape index (κ2) is 6.00. The van der Waals surface area contributed by atoms with Gasteiger partial charge in [-0.25, -0.2) is 9.97 Å². The van der Waals surface area contributed by atoms with Crippen molar-refractivity contribution in [3.05, 3.63) is 40.7 Å². The molecule has 21 heavy (non-hydrogen) atoms. The number of aryl methyl sites for hydroxylation is 1. The summed E-state index contributed by atoms with van der Waals surface area (Å²) in [6.45, 7) is 3.06. The van der Waals surface area contributed by atoms with E-state index < -0.39 is 0 Å². The number of phenols is 1. The molecule has 0 bridgehead atoms. The van der Waals surface area contributed by atoms with Gasteiger partial charge in [-0.15, -0.1) is 0 Å². The number of halogens is 1. The van der Waals surface area contributed by atoms with Gasteiger partial charge >= 0.3 is 0 Å². The van der Waals surface area contributed by atoms with Crippen LogP contribution in [0.3, 0.4) is 0 Å². The van der Waals surface area contributed by atoms with Crippen LogP contribution in [0, 0.1) is 0 Å². The lowest BCUT2D eigenvalue weighted by Gasteiger charge is -2.25. The van der Waals surface area contributed by atoms with Crippen LogP contribution in [0.5, 0.6) is 5.75 Å². The third-order valence-corrected chi connectivity index (χ3v) is 4.14. The van der Waals surface area contributed by atoms with E-state index in [1.807, 2.05) is 6.20 Å². The largest absolute Gasteiger partial charge is 0.506 e. The molecule has 2 aromatic rings. The first kappa shape index (κ1) is 14.3. The summed E-state index contributed by atoms with van der Waals surface area (Å²) in [4.78, 5) is 9.17. The zero-order chi connectivity index (χ0) is 14.8. The summed E-state index contributed by atoms with van der Waals surface area (Å²) in [5, 5.41) is 13.3. The number of nitrogens with one attached hydrogen (secondary N) is 1. The zero-order valence-electron chi connectivity index (χ0n) is 11.9. The number of phenolic OH excluding ortho intramolecular Hbond substituents is 1. The Bertz CT molecular complexity index is 660. The minimum Gasteiger partial charge on any atom is -0.506 e. The molecule has 0 aliphatic heterocycles. The Morgan fingerprint density at radius 2 is 2.29 bits per heavy atom. The van der Waals surface area contributed by atoms with Crippen molar-refractivity contribution in [1.82, 2.24) is 15.3 Å². The third-order valence-electron chi connectivity index (χ3n) is 3.84.